The standard InChI is InChI=1S/C40H37N5O8S2/c1-3-51-31-14-12-28(13-15-31)36-22-52-34-18-29-17-33(45(21-30(29)19-35(34)53-36)55(49,50)39-23(2)43-40(42)54-39)37(46)44-32(38(47)48)16-24-4-8-26(9-5-24)27-10-6-25(20-41)7-11-27/h4-15,18-19,32-33,36H,3,16-17,21-22H2,1-2H3,(H2,42,43)(H,44,46)(H,47,48). The number of aliphatic carboxylic acids is 1. The van der Waals surface area contributed by atoms with Gasteiger partial charge in [0, 0.05) is 13.0 Å². The summed E-state index contributed by atoms with van der Waals surface area (Å²) < 4.78 is 47.6. The van der Waals surface area contributed by atoms with Crippen molar-refractivity contribution in [3.8, 4) is 34.4 Å². The smallest absolute Gasteiger partial charge is 0.326 e. The molecule has 3 atom stereocenters. The number of ether oxygens (including phenoxy) is 3. The Kier molecular flexibility index (Phi) is 10.5. The zero-order valence-electron chi connectivity index (χ0n) is 29.9. The first-order valence-electron chi connectivity index (χ1n) is 17.5. The van der Waals surface area contributed by atoms with Gasteiger partial charge in [-0.3, -0.25) is 4.79 Å². The summed E-state index contributed by atoms with van der Waals surface area (Å²) in [6.45, 7) is 4.01. The van der Waals surface area contributed by atoms with E-state index < -0.39 is 40.1 Å². The molecule has 5 aromatic rings. The second kappa shape index (κ2) is 15.4. The van der Waals surface area contributed by atoms with Gasteiger partial charge in [0.1, 0.15) is 24.4 Å². The van der Waals surface area contributed by atoms with E-state index in [9.17, 15) is 23.1 Å². The number of carboxylic acid groups (broad SMARTS) is 1. The van der Waals surface area contributed by atoms with Gasteiger partial charge in [0.15, 0.2) is 26.9 Å². The predicted molar refractivity (Wildman–Crippen MR) is 204 cm³/mol. The zero-order valence-corrected chi connectivity index (χ0v) is 31.5. The third-order valence-electron chi connectivity index (χ3n) is 9.55. The molecule has 2 aliphatic rings. The molecule has 4 N–H and O–H groups in total. The minimum atomic E-state index is -4.34. The molecule has 2 aliphatic heterocycles. The molecule has 13 nitrogen and oxygen atoms in total. The number of amides is 1. The lowest BCUT2D eigenvalue weighted by molar-refractivity contribution is -0.142. The molecule has 7 rings (SSSR count). The topological polar surface area (TPSA) is 194 Å². The van der Waals surface area contributed by atoms with Crippen LogP contribution in [0.15, 0.2) is 89.1 Å². The minimum absolute atomic E-state index is 0.0521. The van der Waals surface area contributed by atoms with E-state index in [0.717, 1.165) is 38.1 Å². The van der Waals surface area contributed by atoms with Gasteiger partial charge in [0.25, 0.3) is 10.0 Å². The van der Waals surface area contributed by atoms with E-state index in [1.165, 1.54) is 6.92 Å². The number of thiazole rings is 1. The summed E-state index contributed by atoms with van der Waals surface area (Å²) in [4.78, 5) is 30.8. The molecular weight excluding hydrogens is 743 g/mol. The van der Waals surface area contributed by atoms with Crippen LogP contribution in [-0.2, 0) is 39.0 Å². The van der Waals surface area contributed by atoms with Crippen LogP contribution in [0.4, 0.5) is 5.13 Å². The Hall–Kier alpha value is -5.95. The Bertz CT molecular complexity index is 2390. The third kappa shape index (κ3) is 7.83. The number of hydrogen-bond donors (Lipinski definition) is 3. The van der Waals surface area contributed by atoms with Crippen LogP contribution in [0.5, 0.6) is 17.2 Å². The van der Waals surface area contributed by atoms with Crippen LogP contribution in [0.1, 0.15) is 46.5 Å². The minimum Gasteiger partial charge on any atom is -0.494 e. The van der Waals surface area contributed by atoms with Gasteiger partial charge in [0.2, 0.25) is 5.91 Å². The van der Waals surface area contributed by atoms with Crippen LogP contribution >= 0.6 is 11.3 Å². The van der Waals surface area contributed by atoms with Crippen LogP contribution in [0.3, 0.4) is 0 Å². The first kappa shape index (κ1) is 37.4. The molecular formula is C40H37N5O8S2. The number of aryl methyl sites for hydroxylation is 1. The highest BCUT2D eigenvalue weighted by Gasteiger charge is 2.43. The van der Waals surface area contributed by atoms with Gasteiger partial charge in [-0.25, -0.2) is 18.2 Å². The van der Waals surface area contributed by atoms with Crippen molar-refractivity contribution in [1.29, 1.82) is 5.26 Å². The molecule has 0 radical (unpaired) electrons. The Morgan fingerprint density at radius 2 is 1.73 bits per heavy atom. The summed E-state index contributed by atoms with van der Waals surface area (Å²) in [5.74, 6) is -0.423. The third-order valence-corrected chi connectivity index (χ3v) is 13.0. The maximum absolute atomic E-state index is 14.3. The Labute approximate surface area is 322 Å². The molecule has 15 heteroatoms. The van der Waals surface area contributed by atoms with E-state index in [1.807, 2.05) is 55.5 Å². The molecule has 3 unspecified atom stereocenters. The SMILES string of the molecule is CCOc1ccc(C2COc3cc4c(cc3O2)CN(S(=O)(=O)c2sc(N)nc2C)C(C(=O)NC(Cc2ccc(-c3ccc(C#N)cc3)cc2)C(=O)O)C4)cc1. The zero-order chi connectivity index (χ0) is 38.9. The van der Waals surface area contributed by atoms with E-state index in [0.29, 0.717) is 40.4 Å². The molecule has 0 aliphatic carbocycles. The average Bonchev–Trinajstić information content (AvgIpc) is 3.54. The summed E-state index contributed by atoms with van der Waals surface area (Å²) in [6, 6.07) is 24.7. The second-order valence-electron chi connectivity index (χ2n) is 13.2. The summed E-state index contributed by atoms with van der Waals surface area (Å²) in [5.41, 5.74) is 11.2. The molecule has 0 spiro atoms. The van der Waals surface area contributed by atoms with Gasteiger partial charge in [-0.05, 0) is 90.0 Å². The lowest BCUT2D eigenvalue weighted by atomic mass is 9.94. The molecule has 4 aromatic carbocycles. The van der Waals surface area contributed by atoms with Crippen molar-refractivity contribution >= 4 is 38.4 Å². The molecule has 282 valence electrons. The number of rotatable bonds is 11. The van der Waals surface area contributed by atoms with Crippen molar-refractivity contribution in [2.75, 3.05) is 18.9 Å². The van der Waals surface area contributed by atoms with E-state index >= 15 is 0 Å². The molecule has 0 fully saturated rings. The number of fused-ring (bicyclic) bond motifs is 2. The van der Waals surface area contributed by atoms with Crippen molar-refractivity contribution in [2.45, 2.75) is 55.6 Å². The molecule has 3 heterocycles. The second-order valence-corrected chi connectivity index (χ2v) is 16.3. The van der Waals surface area contributed by atoms with Crippen molar-refractivity contribution in [2.24, 2.45) is 0 Å². The lowest BCUT2D eigenvalue weighted by Crippen LogP contribution is -2.55. The fourth-order valence-corrected chi connectivity index (χ4v) is 9.71. The van der Waals surface area contributed by atoms with Gasteiger partial charge >= 0.3 is 5.97 Å². The highest BCUT2D eigenvalue weighted by Crippen LogP contribution is 2.42. The normalized spacial score (nSPS) is 17.0. The van der Waals surface area contributed by atoms with Gasteiger partial charge in [-0.1, -0.05) is 59.9 Å². The number of carbonyl (C=O) groups is 2. The maximum atomic E-state index is 14.3. The fraction of sp³-hybridized carbons (Fsp3) is 0.250. The van der Waals surface area contributed by atoms with Crippen molar-refractivity contribution in [3.05, 3.63) is 118 Å². The van der Waals surface area contributed by atoms with Crippen LogP contribution < -0.4 is 25.3 Å². The number of nitrogens with one attached hydrogen (secondary N) is 1. The average molecular weight is 780 g/mol. The first-order chi connectivity index (χ1) is 26.4. The summed E-state index contributed by atoms with van der Waals surface area (Å²) in [5, 5.41) is 22.0. The van der Waals surface area contributed by atoms with Crippen molar-refractivity contribution < 1.29 is 37.3 Å². The molecule has 0 saturated carbocycles. The molecule has 0 bridgehead atoms. The molecule has 1 aromatic heterocycles. The monoisotopic (exact) mass is 779 g/mol. The van der Waals surface area contributed by atoms with Crippen LogP contribution in [-0.4, -0.2) is 60.0 Å². The number of aromatic nitrogens is 1. The van der Waals surface area contributed by atoms with Crippen LogP contribution in [0, 0.1) is 18.3 Å². The number of carbonyl (C=O) groups excluding carboxylic acids is 1. The number of nitrogens with zero attached hydrogens (tertiary/aromatic N) is 3. The largest absolute Gasteiger partial charge is 0.494 e. The fourth-order valence-electron chi connectivity index (χ4n) is 6.74. The summed E-state index contributed by atoms with van der Waals surface area (Å²) >= 11 is 0.800. The van der Waals surface area contributed by atoms with E-state index in [4.69, 9.17) is 25.2 Å². The van der Waals surface area contributed by atoms with E-state index in [1.54, 1.807) is 36.4 Å². The number of sulfonamides is 1. The Balaban J connectivity index is 1.14. The molecule has 1 amide bonds. The number of nitrogen functional groups attached to an aromatic ring is 1. The number of nitrogens with two attached hydrogens (primary N) is 1. The number of benzene rings is 4. The Morgan fingerprint density at radius 3 is 2.35 bits per heavy atom. The summed E-state index contributed by atoms with van der Waals surface area (Å²) in [6.07, 6.45) is -0.534. The van der Waals surface area contributed by atoms with Gasteiger partial charge in [0.05, 0.1) is 23.9 Å². The van der Waals surface area contributed by atoms with Crippen LogP contribution in [0.25, 0.3) is 11.1 Å². The number of carboxylic acids is 1. The Morgan fingerprint density at radius 1 is 1.05 bits per heavy atom. The first-order valence-corrected chi connectivity index (χ1v) is 19.7. The molecule has 0 saturated heterocycles. The van der Waals surface area contributed by atoms with Gasteiger partial charge < -0.3 is 30.4 Å². The van der Waals surface area contributed by atoms with Gasteiger partial charge in [-0.2, -0.15) is 9.57 Å². The highest BCUT2D eigenvalue weighted by atomic mass is 32.2. The summed E-state index contributed by atoms with van der Waals surface area (Å²) in [7, 11) is -4.34. The van der Waals surface area contributed by atoms with Crippen LogP contribution in [0.2, 0.25) is 0 Å². The van der Waals surface area contributed by atoms with E-state index in [2.05, 4.69) is 16.4 Å². The predicted octanol–water partition coefficient (Wildman–Crippen LogP) is 5.41. The van der Waals surface area contributed by atoms with Gasteiger partial charge in [-0.15, -0.1) is 0 Å². The molecule has 55 heavy (non-hydrogen) atoms. The number of anilines is 1. The van der Waals surface area contributed by atoms with Crippen molar-refractivity contribution in [1.82, 2.24) is 14.6 Å². The number of nitriles is 1. The highest BCUT2D eigenvalue weighted by molar-refractivity contribution is 7.91. The maximum Gasteiger partial charge on any atom is 0.326 e. The van der Waals surface area contributed by atoms with Crippen molar-refractivity contribution in [3.63, 3.8) is 0 Å². The van der Waals surface area contributed by atoms with E-state index in [-0.39, 0.29) is 41.0 Å². The number of hydrogen-bond acceptors (Lipinski definition) is 11. The quantitative estimate of drug-likeness (QED) is 0.155. The lowest BCUT2D eigenvalue weighted by Gasteiger charge is -2.36.